The highest BCUT2D eigenvalue weighted by molar-refractivity contribution is 7.99. The van der Waals surface area contributed by atoms with Crippen LogP contribution < -0.4 is 5.32 Å². The van der Waals surface area contributed by atoms with Gasteiger partial charge in [0, 0.05) is 17.1 Å². The van der Waals surface area contributed by atoms with Crippen LogP contribution >= 0.6 is 11.8 Å². The van der Waals surface area contributed by atoms with Gasteiger partial charge in [0.15, 0.2) is 0 Å². The van der Waals surface area contributed by atoms with Crippen LogP contribution in [0.2, 0.25) is 0 Å². The van der Waals surface area contributed by atoms with Crippen LogP contribution in [0.25, 0.3) is 0 Å². The van der Waals surface area contributed by atoms with Gasteiger partial charge in [0.2, 0.25) is 0 Å². The second kappa shape index (κ2) is 6.52. The monoisotopic (exact) mass is 283 g/mol. The van der Waals surface area contributed by atoms with E-state index in [4.69, 9.17) is 0 Å². The van der Waals surface area contributed by atoms with E-state index in [1.807, 2.05) is 0 Å². The molecule has 0 bridgehead atoms. The SMILES string of the molecule is Fc1ccc(CNc2ccc(SC(F)F)cc2)cc1. The Hall–Kier alpha value is -1.62. The minimum Gasteiger partial charge on any atom is -0.381 e. The molecule has 0 radical (unpaired) electrons. The molecule has 0 amide bonds. The summed E-state index contributed by atoms with van der Waals surface area (Å²) in [7, 11) is 0. The maximum atomic E-state index is 12.7. The third-order valence-electron chi connectivity index (χ3n) is 2.49. The fourth-order valence-corrected chi connectivity index (χ4v) is 2.06. The van der Waals surface area contributed by atoms with E-state index in [0.717, 1.165) is 11.3 Å². The molecule has 0 aliphatic heterocycles. The van der Waals surface area contributed by atoms with Gasteiger partial charge in [0.1, 0.15) is 5.82 Å². The number of alkyl halides is 2. The lowest BCUT2D eigenvalue weighted by Gasteiger charge is -2.07. The van der Waals surface area contributed by atoms with Crippen LogP contribution in [0.1, 0.15) is 5.56 Å². The van der Waals surface area contributed by atoms with Crippen LogP contribution in [0.3, 0.4) is 0 Å². The molecule has 0 atom stereocenters. The molecule has 1 nitrogen and oxygen atoms in total. The molecule has 2 rings (SSSR count). The van der Waals surface area contributed by atoms with Crippen LogP contribution in [0.4, 0.5) is 18.9 Å². The first-order valence-corrected chi connectivity index (χ1v) is 6.54. The molecule has 2 aromatic carbocycles. The lowest BCUT2D eigenvalue weighted by Crippen LogP contribution is -1.99. The fraction of sp³-hybridized carbons (Fsp3) is 0.143. The highest BCUT2D eigenvalue weighted by atomic mass is 32.2. The highest BCUT2D eigenvalue weighted by Crippen LogP contribution is 2.26. The van der Waals surface area contributed by atoms with Crippen LogP contribution in [-0.2, 0) is 6.54 Å². The van der Waals surface area contributed by atoms with E-state index in [-0.39, 0.29) is 5.82 Å². The number of anilines is 1. The number of halogens is 3. The smallest absolute Gasteiger partial charge is 0.288 e. The quantitative estimate of drug-likeness (QED) is 0.794. The zero-order valence-electron chi connectivity index (χ0n) is 9.95. The minimum absolute atomic E-state index is 0.267. The van der Waals surface area contributed by atoms with Crippen LogP contribution in [0, 0.1) is 5.82 Å². The van der Waals surface area contributed by atoms with Gasteiger partial charge in [-0.1, -0.05) is 23.9 Å². The molecular formula is C14H12F3NS. The Morgan fingerprint density at radius 1 is 0.947 bits per heavy atom. The standard InChI is InChI=1S/C14H12F3NS/c15-11-3-1-10(2-4-11)9-18-12-5-7-13(8-6-12)19-14(16)17/h1-8,14,18H,9H2. The Morgan fingerprint density at radius 2 is 1.58 bits per heavy atom. The van der Waals surface area contributed by atoms with Gasteiger partial charge < -0.3 is 5.32 Å². The summed E-state index contributed by atoms with van der Waals surface area (Å²) >= 11 is 0.520. The molecular weight excluding hydrogens is 271 g/mol. The predicted octanol–water partition coefficient (Wildman–Crippen LogP) is 4.75. The number of hydrogen-bond acceptors (Lipinski definition) is 2. The summed E-state index contributed by atoms with van der Waals surface area (Å²) in [6.07, 6.45) is 0. The molecule has 2 aromatic rings. The summed E-state index contributed by atoms with van der Waals surface area (Å²) in [5.41, 5.74) is 1.79. The zero-order valence-corrected chi connectivity index (χ0v) is 10.8. The molecule has 100 valence electrons. The largest absolute Gasteiger partial charge is 0.381 e. The Kier molecular flexibility index (Phi) is 4.74. The van der Waals surface area contributed by atoms with Gasteiger partial charge in [-0.3, -0.25) is 0 Å². The van der Waals surface area contributed by atoms with Crippen molar-refractivity contribution < 1.29 is 13.2 Å². The van der Waals surface area contributed by atoms with E-state index in [1.165, 1.54) is 12.1 Å². The second-order valence-corrected chi connectivity index (χ2v) is 4.95. The molecule has 0 spiro atoms. The maximum absolute atomic E-state index is 12.7. The van der Waals surface area contributed by atoms with Gasteiger partial charge in [-0.25, -0.2) is 4.39 Å². The maximum Gasteiger partial charge on any atom is 0.288 e. The van der Waals surface area contributed by atoms with Gasteiger partial charge in [-0.15, -0.1) is 0 Å². The lowest BCUT2D eigenvalue weighted by molar-refractivity contribution is 0.252. The first-order valence-electron chi connectivity index (χ1n) is 5.67. The molecule has 19 heavy (non-hydrogen) atoms. The van der Waals surface area contributed by atoms with E-state index in [2.05, 4.69) is 5.32 Å². The Morgan fingerprint density at radius 3 is 2.16 bits per heavy atom. The summed E-state index contributed by atoms with van der Waals surface area (Å²) in [6.45, 7) is 0.557. The topological polar surface area (TPSA) is 12.0 Å². The number of benzene rings is 2. The molecule has 0 heterocycles. The fourth-order valence-electron chi connectivity index (χ4n) is 1.56. The van der Waals surface area contributed by atoms with Crippen molar-refractivity contribution in [2.45, 2.75) is 17.2 Å². The van der Waals surface area contributed by atoms with Crippen LogP contribution in [0.5, 0.6) is 0 Å². The Balaban J connectivity index is 1.91. The van der Waals surface area contributed by atoms with Crippen molar-refractivity contribution in [2.24, 2.45) is 0 Å². The van der Waals surface area contributed by atoms with Gasteiger partial charge >= 0.3 is 0 Å². The first-order chi connectivity index (χ1) is 9.13. The van der Waals surface area contributed by atoms with Crippen molar-refractivity contribution in [3.8, 4) is 0 Å². The van der Waals surface area contributed by atoms with E-state index >= 15 is 0 Å². The molecule has 5 heteroatoms. The number of rotatable bonds is 5. The number of nitrogens with one attached hydrogen (secondary N) is 1. The van der Waals surface area contributed by atoms with E-state index in [0.29, 0.717) is 23.2 Å². The van der Waals surface area contributed by atoms with Crippen molar-refractivity contribution in [1.29, 1.82) is 0 Å². The average Bonchev–Trinajstić information content (AvgIpc) is 2.39. The minimum atomic E-state index is -2.40. The molecule has 0 aliphatic rings. The number of thioether (sulfide) groups is 1. The molecule has 0 saturated carbocycles. The summed E-state index contributed by atoms with van der Waals surface area (Å²) in [5, 5.41) is 3.14. The average molecular weight is 283 g/mol. The van der Waals surface area contributed by atoms with Crippen molar-refractivity contribution in [3.05, 3.63) is 59.9 Å². The molecule has 0 fully saturated rings. The van der Waals surface area contributed by atoms with Crippen LogP contribution in [-0.4, -0.2) is 5.76 Å². The zero-order chi connectivity index (χ0) is 13.7. The van der Waals surface area contributed by atoms with Crippen molar-refractivity contribution >= 4 is 17.4 Å². The van der Waals surface area contributed by atoms with E-state index in [1.54, 1.807) is 36.4 Å². The van der Waals surface area contributed by atoms with E-state index < -0.39 is 5.76 Å². The van der Waals surface area contributed by atoms with Gasteiger partial charge in [0.25, 0.3) is 5.76 Å². The highest BCUT2D eigenvalue weighted by Gasteiger charge is 2.04. The third kappa shape index (κ3) is 4.52. The molecule has 0 unspecified atom stereocenters. The van der Waals surface area contributed by atoms with Gasteiger partial charge in [-0.2, -0.15) is 8.78 Å². The lowest BCUT2D eigenvalue weighted by atomic mass is 10.2. The Labute approximate surface area is 113 Å². The van der Waals surface area contributed by atoms with Gasteiger partial charge in [0.05, 0.1) is 0 Å². The summed E-state index contributed by atoms with van der Waals surface area (Å²) < 4.78 is 37.0. The molecule has 0 aliphatic carbocycles. The van der Waals surface area contributed by atoms with Crippen molar-refractivity contribution in [2.75, 3.05) is 5.32 Å². The van der Waals surface area contributed by atoms with Crippen molar-refractivity contribution in [1.82, 2.24) is 0 Å². The second-order valence-electron chi connectivity index (χ2n) is 3.88. The van der Waals surface area contributed by atoms with Gasteiger partial charge in [-0.05, 0) is 42.0 Å². The molecule has 0 aromatic heterocycles. The summed E-state index contributed by atoms with van der Waals surface area (Å²) in [4.78, 5) is 0.530. The molecule has 0 saturated heterocycles. The summed E-state index contributed by atoms with van der Waals surface area (Å²) in [6, 6.07) is 13.0. The summed E-state index contributed by atoms with van der Waals surface area (Å²) in [5.74, 6) is -2.67. The van der Waals surface area contributed by atoms with Crippen molar-refractivity contribution in [3.63, 3.8) is 0 Å². The Bertz CT molecular complexity index is 511. The number of hydrogen-bond donors (Lipinski definition) is 1. The first kappa shape index (κ1) is 13.8. The van der Waals surface area contributed by atoms with Crippen LogP contribution in [0.15, 0.2) is 53.4 Å². The third-order valence-corrected chi connectivity index (χ3v) is 3.21. The van der Waals surface area contributed by atoms with E-state index in [9.17, 15) is 13.2 Å². The molecule has 1 N–H and O–H groups in total. The predicted molar refractivity (Wildman–Crippen MR) is 72.0 cm³/mol. The normalized spacial score (nSPS) is 10.7.